The normalized spacial score (nSPS) is 21.9. The van der Waals surface area contributed by atoms with Gasteiger partial charge < -0.3 is 0 Å². The summed E-state index contributed by atoms with van der Waals surface area (Å²) in [5.41, 5.74) is 4.14. The van der Waals surface area contributed by atoms with E-state index in [1.54, 1.807) is 4.57 Å². The lowest BCUT2D eigenvalue weighted by atomic mass is 9.83. The molecule has 80 valence electrons. The van der Waals surface area contributed by atoms with Crippen LogP contribution in [0.2, 0.25) is 0 Å². The average molecular weight is 203 g/mol. The first-order valence-electron chi connectivity index (χ1n) is 5.52. The highest BCUT2D eigenvalue weighted by atomic mass is 16.1. The molecule has 1 aliphatic carbocycles. The summed E-state index contributed by atoms with van der Waals surface area (Å²) in [5.74, 6) is 0.807. The maximum absolute atomic E-state index is 10.6. The smallest absolute Gasteiger partial charge is 0.217 e. The third-order valence-electron chi connectivity index (χ3n) is 3.24. The lowest BCUT2D eigenvalue weighted by molar-refractivity contribution is 0.517. The van der Waals surface area contributed by atoms with E-state index in [0.717, 1.165) is 18.7 Å². The average Bonchev–Trinajstić information content (AvgIpc) is 2.66. The molecule has 1 aromatic heterocycles. The van der Waals surface area contributed by atoms with Gasteiger partial charge in [-0.2, -0.15) is 0 Å². The molecule has 2 heteroatoms. The van der Waals surface area contributed by atoms with Crippen LogP contribution in [0.15, 0.2) is 24.0 Å². The van der Waals surface area contributed by atoms with Gasteiger partial charge in [-0.3, -0.25) is 9.36 Å². The van der Waals surface area contributed by atoms with Crippen molar-refractivity contribution < 1.29 is 4.79 Å². The zero-order valence-electron chi connectivity index (χ0n) is 9.36. The summed E-state index contributed by atoms with van der Waals surface area (Å²) in [7, 11) is 0. The molecule has 0 aromatic carbocycles. The second-order valence-corrected chi connectivity index (χ2v) is 4.56. The highest BCUT2D eigenvalue weighted by Crippen LogP contribution is 2.34. The summed E-state index contributed by atoms with van der Waals surface area (Å²) in [6.07, 6.45) is 8.18. The maximum atomic E-state index is 10.6. The Labute approximate surface area is 90.6 Å². The van der Waals surface area contributed by atoms with Crippen molar-refractivity contribution in [2.45, 2.75) is 33.1 Å². The molecular formula is C13H17NO. The minimum absolute atomic E-state index is 0.807. The van der Waals surface area contributed by atoms with Crippen molar-refractivity contribution in [3.05, 3.63) is 29.6 Å². The van der Waals surface area contributed by atoms with Gasteiger partial charge in [0.05, 0.1) is 0 Å². The zero-order chi connectivity index (χ0) is 10.8. The molecule has 0 fully saturated rings. The molecule has 1 atom stereocenters. The van der Waals surface area contributed by atoms with Crippen molar-refractivity contribution in [2.75, 3.05) is 0 Å². The molecular weight excluding hydrogens is 186 g/mol. The van der Waals surface area contributed by atoms with E-state index in [0.29, 0.717) is 0 Å². The fraction of sp³-hybridized carbons (Fsp3) is 0.462. The molecule has 2 rings (SSSR count). The molecule has 0 spiro atoms. The molecule has 2 nitrogen and oxygen atoms in total. The molecule has 1 unspecified atom stereocenters. The van der Waals surface area contributed by atoms with Crippen LogP contribution in [0, 0.1) is 5.92 Å². The van der Waals surface area contributed by atoms with Gasteiger partial charge in [0, 0.05) is 12.4 Å². The van der Waals surface area contributed by atoms with Crippen molar-refractivity contribution >= 4 is 12.0 Å². The van der Waals surface area contributed by atoms with Crippen LogP contribution in [-0.2, 0) is 4.79 Å². The van der Waals surface area contributed by atoms with E-state index in [-0.39, 0.29) is 0 Å². The van der Waals surface area contributed by atoms with Gasteiger partial charge in [-0.25, -0.2) is 0 Å². The first-order chi connectivity index (χ1) is 7.20. The molecule has 0 aliphatic heterocycles. The van der Waals surface area contributed by atoms with Crippen LogP contribution in [0.1, 0.15) is 38.7 Å². The number of allylic oxidation sites excluding steroid dienone is 2. The summed E-state index contributed by atoms with van der Waals surface area (Å²) >= 11 is 0. The van der Waals surface area contributed by atoms with E-state index >= 15 is 0 Å². The van der Waals surface area contributed by atoms with Crippen LogP contribution in [0.25, 0.3) is 5.57 Å². The van der Waals surface area contributed by atoms with Crippen LogP contribution in [0.3, 0.4) is 0 Å². The molecule has 15 heavy (non-hydrogen) atoms. The summed E-state index contributed by atoms with van der Waals surface area (Å²) in [6, 6.07) is 2.03. The Balaban J connectivity index is 2.30. The molecule has 1 aromatic rings. The van der Waals surface area contributed by atoms with E-state index in [2.05, 4.69) is 13.8 Å². The summed E-state index contributed by atoms with van der Waals surface area (Å²) in [4.78, 5) is 10.6. The zero-order valence-corrected chi connectivity index (χ0v) is 9.36. The van der Waals surface area contributed by atoms with E-state index in [9.17, 15) is 4.79 Å². The van der Waals surface area contributed by atoms with Gasteiger partial charge in [0.2, 0.25) is 6.41 Å². The minimum Gasteiger partial charge on any atom is -0.297 e. The Bertz CT molecular complexity index is 400. The van der Waals surface area contributed by atoms with E-state index in [1.165, 1.54) is 29.6 Å². The van der Waals surface area contributed by atoms with Crippen LogP contribution in [0.4, 0.5) is 0 Å². The van der Waals surface area contributed by atoms with E-state index < -0.39 is 0 Å². The molecule has 0 saturated carbocycles. The predicted octanol–water partition coefficient (Wildman–Crippen LogP) is 3.12. The molecule has 0 bridgehead atoms. The Morgan fingerprint density at radius 1 is 1.53 bits per heavy atom. The van der Waals surface area contributed by atoms with E-state index in [4.69, 9.17) is 0 Å². The van der Waals surface area contributed by atoms with Gasteiger partial charge in [-0.15, -0.1) is 0 Å². The lowest BCUT2D eigenvalue weighted by Crippen LogP contribution is -2.05. The van der Waals surface area contributed by atoms with Gasteiger partial charge in [0.1, 0.15) is 0 Å². The highest BCUT2D eigenvalue weighted by molar-refractivity contribution is 5.70. The highest BCUT2D eigenvalue weighted by Gasteiger charge is 2.16. The lowest BCUT2D eigenvalue weighted by Gasteiger charge is -2.22. The van der Waals surface area contributed by atoms with Gasteiger partial charge in [-0.1, -0.05) is 12.5 Å². The first kappa shape index (κ1) is 10.2. The topological polar surface area (TPSA) is 22.0 Å². The summed E-state index contributed by atoms with van der Waals surface area (Å²) in [5, 5.41) is 0. The van der Waals surface area contributed by atoms with Gasteiger partial charge in [-0.05, 0) is 49.3 Å². The molecule has 0 N–H and O–H groups in total. The third kappa shape index (κ3) is 2.04. The molecule has 1 aliphatic rings. The van der Waals surface area contributed by atoms with Crippen molar-refractivity contribution in [1.82, 2.24) is 4.57 Å². The largest absolute Gasteiger partial charge is 0.297 e. The summed E-state index contributed by atoms with van der Waals surface area (Å²) < 4.78 is 1.58. The summed E-state index contributed by atoms with van der Waals surface area (Å²) in [6.45, 7) is 4.51. The molecule has 0 radical (unpaired) electrons. The van der Waals surface area contributed by atoms with Crippen molar-refractivity contribution in [3.8, 4) is 0 Å². The molecule has 1 heterocycles. The number of aromatic nitrogens is 1. The van der Waals surface area contributed by atoms with Crippen molar-refractivity contribution in [1.29, 1.82) is 0 Å². The Morgan fingerprint density at radius 3 is 2.93 bits per heavy atom. The Kier molecular flexibility index (Phi) is 2.76. The fourth-order valence-electron chi connectivity index (χ4n) is 2.40. The number of hydrogen-bond donors (Lipinski definition) is 0. The number of carbonyl (C=O) groups is 1. The fourth-order valence-corrected chi connectivity index (χ4v) is 2.40. The van der Waals surface area contributed by atoms with Gasteiger partial charge in [0.25, 0.3) is 0 Å². The standard InChI is InChI=1S/C13H17NO/c1-10-3-4-13(11(2)7-10)12-5-6-14(8-12)9-15/h5-6,8-10H,3-4,7H2,1-2H3. The van der Waals surface area contributed by atoms with Gasteiger partial charge >= 0.3 is 0 Å². The monoisotopic (exact) mass is 203 g/mol. The van der Waals surface area contributed by atoms with Crippen molar-refractivity contribution in [2.24, 2.45) is 5.92 Å². The Hall–Kier alpha value is -1.31. The van der Waals surface area contributed by atoms with Crippen LogP contribution >= 0.6 is 0 Å². The number of carbonyl (C=O) groups excluding carboxylic acids is 1. The number of rotatable bonds is 2. The Morgan fingerprint density at radius 2 is 2.33 bits per heavy atom. The second-order valence-electron chi connectivity index (χ2n) is 4.56. The van der Waals surface area contributed by atoms with Crippen molar-refractivity contribution in [3.63, 3.8) is 0 Å². The van der Waals surface area contributed by atoms with Crippen LogP contribution in [-0.4, -0.2) is 11.0 Å². The third-order valence-corrected chi connectivity index (χ3v) is 3.24. The maximum Gasteiger partial charge on any atom is 0.217 e. The quantitative estimate of drug-likeness (QED) is 0.677. The second kappa shape index (κ2) is 4.05. The van der Waals surface area contributed by atoms with Crippen LogP contribution in [0.5, 0.6) is 0 Å². The first-order valence-corrected chi connectivity index (χ1v) is 5.52. The minimum atomic E-state index is 0.807. The molecule has 0 amide bonds. The predicted molar refractivity (Wildman–Crippen MR) is 62.2 cm³/mol. The van der Waals surface area contributed by atoms with Crippen LogP contribution < -0.4 is 0 Å². The van der Waals surface area contributed by atoms with E-state index in [1.807, 2.05) is 18.5 Å². The SMILES string of the molecule is CC1=C(c2ccn(C=O)c2)CCC(C)C1. The number of hydrogen-bond acceptors (Lipinski definition) is 1. The number of nitrogens with zero attached hydrogens (tertiary/aromatic N) is 1. The van der Waals surface area contributed by atoms with Gasteiger partial charge in [0.15, 0.2) is 0 Å². The molecule has 0 saturated heterocycles.